The lowest BCUT2D eigenvalue weighted by Gasteiger charge is -2.32. The van der Waals surface area contributed by atoms with E-state index in [1.807, 2.05) is 11.9 Å². The second-order valence-electron chi connectivity index (χ2n) is 5.30. The first kappa shape index (κ1) is 15.1. The van der Waals surface area contributed by atoms with Crippen LogP contribution in [0, 0.1) is 0 Å². The van der Waals surface area contributed by atoms with E-state index in [1.165, 1.54) is 11.8 Å². The summed E-state index contributed by atoms with van der Waals surface area (Å²) >= 11 is 1.51. The Labute approximate surface area is 119 Å². The highest BCUT2D eigenvalue weighted by Crippen LogP contribution is 2.24. The Morgan fingerprint density at radius 3 is 2.84 bits per heavy atom. The van der Waals surface area contributed by atoms with Crippen molar-refractivity contribution in [3.05, 3.63) is 0 Å². The third kappa shape index (κ3) is 4.36. The van der Waals surface area contributed by atoms with E-state index in [9.17, 15) is 13.2 Å². The fourth-order valence-electron chi connectivity index (χ4n) is 2.61. The molecule has 0 radical (unpaired) electrons. The largest absolute Gasteiger partial charge is 0.340 e. The number of nitrogens with one attached hydrogen (secondary N) is 1. The Morgan fingerprint density at radius 1 is 1.42 bits per heavy atom. The molecule has 7 heteroatoms. The first-order valence-corrected chi connectivity index (χ1v) is 9.64. The SMILES string of the molecule is CNC1CCCN(C(=O)CSC2CCS(=O)(=O)C2)C1. The molecule has 1 N–H and O–H groups in total. The highest BCUT2D eigenvalue weighted by Gasteiger charge is 2.29. The molecule has 2 rings (SSSR count). The van der Waals surface area contributed by atoms with Crippen molar-refractivity contribution in [1.29, 1.82) is 0 Å². The Bertz CT molecular complexity index is 425. The van der Waals surface area contributed by atoms with Gasteiger partial charge in [0.2, 0.25) is 5.91 Å². The minimum absolute atomic E-state index is 0.110. The molecule has 2 saturated heterocycles. The standard InChI is InChI=1S/C12H22N2O3S2/c1-13-10-3-2-5-14(7-10)12(15)8-18-11-4-6-19(16,17)9-11/h10-11,13H,2-9H2,1H3. The van der Waals surface area contributed by atoms with Crippen molar-refractivity contribution in [3.63, 3.8) is 0 Å². The molecule has 0 spiro atoms. The van der Waals surface area contributed by atoms with Crippen molar-refractivity contribution < 1.29 is 13.2 Å². The molecule has 0 saturated carbocycles. The van der Waals surface area contributed by atoms with Gasteiger partial charge < -0.3 is 10.2 Å². The maximum atomic E-state index is 12.1. The van der Waals surface area contributed by atoms with E-state index < -0.39 is 9.84 Å². The predicted octanol–water partition coefficient (Wildman–Crippen LogP) is 0.117. The van der Waals surface area contributed by atoms with Gasteiger partial charge in [0.05, 0.1) is 17.3 Å². The molecule has 2 fully saturated rings. The lowest BCUT2D eigenvalue weighted by atomic mass is 10.1. The van der Waals surface area contributed by atoms with E-state index in [-0.39, 0.29) is 22.7 Å². The number of amides is 1. The fourth-order valence-corrected chi connectivity index (χ4v) is 6.16. The van der Waals surface area contributed by atoms with E-state index in [0.717, 1.165) is 25.9 Å². The van der Waals surface area contributed by atoms with Gasteiger partial charge >= 0.3 is 0 Å². The number of sulfone groups is 1. The first-order chi connectivity index (χ1) is 9.00. The number of hydrogen-bond acceptors (Lipinski definition) is 5. The van der Waals surface area contributed by atoms with Gasteiger partial charge in [-0.25, -0.2) is 8.42 Å². The van der Waals surface area contributed by atoms with Crippen molar-refractivity contribution in [3.8, 4) is 0 Å². The Morgan fingerprint density at radius 2 is 2.21 bits per heavy atom. The molecule has 110 valence electrons. The summed E-state index contributed by atoms with van der Waals surface area (Å²) in [5.41, 5.74) is 0. The summed E-state index contributed by atoms with van der Waals surface area (Å²) in [4.78, 5) is 14.0. The summed E-state index contributed by atoms with van der Waals surface area (Å²) in [5, 5.41) is 3.33. The molecule has 2 aliphatic heterocycles. The molecule has 2 aliphatic rings. The number of rotatable bonds is 4. The minimum Gasteiger partial charge on any atom is -0.340 e. The summed E-state index contributed by atoms with van der Waals surface area (Å²) in [7, 11) is -0.909. The number of carbonyl (C=O) groups excluding carboxylic acids is 1. The number of carbonyl (C=O) groups is 1. The van der Waals surface area contributed by atoms with Crippen LogP contribution in [0.4, 0.5) is 0 Å². The van der Waals surface area contributed by atoms with E-state index in [4.69, 9.17) is 0 Å². The van der Waals surface area contributed by atoms with Gasteiger partial charge in [0.15, 0.2) is 9.84 Å². The van der Waals surface area contributed by atoms with Crippen molar-refractivity contribution in [2.24, 2.45) is 0 Å². The summed E-state index contributed by atoms with van der Waals surface area (Å²) in [6.45, 7) is 1.61. The minimum atomic E-state index is -2.84. The molecule has 2 heterocycles. The zero-order valence-electron chi connectivity index (χ0n) is 11.3. The normalized spacial score (nSPS) is 30.5. The molecule has 0 aromatic heterocycles. The average molecular weight is 306 g/mol. The lowest BCUT2D eigenvalue weighted by Crippen LogP contribution is -2.47. The number of piperidine rings is 1. The number of nitrogens with zero attached hydrogens (tertiary/aromatic N) is 1. The van der Waals surface area contributed by atoms with Gasteiger partial charge in [0, 0.05) is 24.4 Å². The second-order valence-corrected chi connectivity index (χ2v) is 8.82. The van der Waals surface area contributed by atoms with Gasteiger partial charge in [-0.3, -0.25) is 4.79 Å². The van der Waals surface area contributed by atoms with Gasteiger partial charge in [-0.05, 0) is 26.3 Å². The molecular weight excluding hydrogens is 284 g/mol. The highest BCUT2D eigenvalue weighted by atomic mass is 32.2. The quantitative estimate of drug-likeness (QED) is 0.799. The Balaban J connectivity index is 1.75. The summed E-state index contributed by atoms with van der Waals surface area (Å²) in [6, 6.07) is 0.398. The van der Waals surface area contributed by atoms with Gasteiger partial charge in [-0.15, -0.1) is 11.8 Å². The van der Waals surface area contributed by atoms with E-state index in [0.29, 0.717) is 18.2 Å². The molecule has 19 heavy (non-hydrogen) atoms. The van der Waals surface area contributed by atoms with Gasteiger partial charge in [0.25, 0.3) is 0 Å². The van der Waals surface area contributed by atoms with Crippen LogP contribution >= 0.6 is 11.8 Å². The summed E-state index contributed by atoms with van der Waals surface area (Å²) in [5.74, 6) is 1.08. The van der Waals surface area contributed by atoms with Crippen LogP contribution in [-0.2, 0) is 14.6 Å². The zero-order valence-corrected chi connectivity index (χ0v) is 12.9. The monoisotopic (exact) mass is 306 g/mol. The van der Waals surface area contributed by atoms with Crippen molar-refractivity contribution in [2.75, 3.05) is 37.4 Å². The van der Waals surface area contributed by atoms with E-state index in [2.05, 4.69) is 5.32 Å². The van der Waals surface area contributed by atoms with Gasteiger partial charge in [-0.1, -0.05) is 0 Å². The molecule has 0 aliphatic carbocycles. The highest BCUT2D eigenvalue weighted by molar-refractivity contribution is 8.02. The molecule has 0 bridgehead atoms. The maximum absolute atomic E-state index is 12.1. The first-order valence-electron chi connectivity index (χ1n) is 6.77. The van der Waals surface area contributed by atoms with E-state index >= 15 is 0 Å². The van der Waals surface area contributed by atoms with Crippen LogP contribution in [0.15, 0.2) is 0 Å². The maximum Gasteiger partial charge on any atom is 0.232 e. The fraction of sp³-hybridized carbons (Fsp3) is 0.917. The molecular formula is C12H22N2O3S2. The third-order valence-electron chi connectivity index (χ3n) is 3.82. The average Bonchev–Trinajstić information content (AvgIpc) is 2.75. The van der Waals surface area contributed by atoms with Crippen molar-refractivity contribution in [2.45, 2.75) is 30.6 Å². The van der Waals surface area contributed by atoms with Crippen LogP contribution in [0.1, 0.15) is 19.3 Å². The van der Waals surface area contributed by atoms with Gasteiger partial charge in [0.1, 0.15) is 0 Å². The molecule has 2 atom stereocenters. The number of likely N-dealkylation sites (N-methyl/N-ethyl adjacent to an activating group) is 1. The van der Waals surface area contributed by atoms with E-state index in [1.54, 1.807) is 0 Å². The molecule has 0 aromatic rings. The number of likely N-dealkylation sites (tertiary alicyclic amines) is 1. The van der Waals surface area contributed by atoms with Crippen LogP contribution in [0.3, 0.4) is 0 Å². The molecule has 5 nitrogen and oxygen atoms in total. The molecule has 1 amide bonds. The Kier molecular flexibility index (Phi) is 5.14. The van der Waals surface area contributed by atoms with Crippen LogP contribution in [0.2, 0.25) is 0 Å². The number of hydrogen-bond donors (Lipinski definition) is 1. The smallest absolute Gasteiger partial charge is 0.232 e. The van der Waals surface area contributed by atoms with Gasteiger partial charge in [-0.2, -0.15) is 0 Å². The number of thioether (sulfide) groups is 1. The topological polar surface area (TPSA) is 66.5 Å². The van der Waals surface area contributed by atoms with Crippen LogP contribution in [0.5, 0.6) is 0 Å². The van der Waals surface area contributed by atoms with Crippen molar-refractivity contribution in [1.82, 2.24) is 10.2 Å². The van der Waals surface area contributed by atoms with Crippen LogP contribution in [-0.4, -0.2) is 67.9 Å². The van der Waals surface area contributed by atoms with Crippen LogP contribution in [0.25, 0.3) is 0 Å². The molecule has 0 aromatic carbocycles. The summed E-state index contributed by atoms with van der Waals surface area (Å²) < 4.78 is 22.7. The van der Waals surface area contributed by atoms with Crippen molar-refractivity contribution >= 4 is 27.5 Å². The lowest BCUT2D eigenvalue weighted by molar-refractivity contribution is -0.129. The Hall–Kier alpha value is -0.270. The third-order valence-corrected chi connectivity index (χ3v) is 7.08. The zero-order chi connectivity index (χ0) is 13.9. The van der Waals surface area contributed by atoms with Crippen LogP contribution < -0.4 is 5.32 Å². The second kappa shape index (κ2) is 6.45. The molecule has 2 unspecified atom stereocenters. The summed E-state index contributed by atoms with van der Waals surface area (Å²) in [6.07, 6.45) is 2.85. The predicted molar refractivity (Wildman–Crippen MR) is 78.2 cm³/mol.